The zero-order valence-electron chi connectivity index (χ0n) is 12.3. The predicted molar refractivity (Wildman–Crippen MR) is 71.1 cm³/mol. The molecule has 7 nitrogen and oxygen atoms in total. The number of esters is 1. The van der Waals surface area contributed by atoms with Crippen molar-refractivity contribution >= 4 is 11.5 Å². The third kappa shape index (κ3) is 4.04. The maximum Gasteiger partial charge on any atom is 0.343 e. The molecule has 0 aliphatic heterocycles. The first-order valence-electron chi connectivity index (χ1n) is 6.12. The Kier molecular flexibility index (Phi) is 4.63. The van der Waals surface area contributed by atoms with Gasteiger partial charge in [0.05, 0.1) is 12.1 Å². The number of carbonyl (C=O) groups is 1. The maximum atomic E-state index is 11.9. The van der Waals surface area contributed by atoms with Crippen molar-refractivity contribution < 1.29 is 9.53 Å². The molecule has 0 aliphatic carbocycles. The van der Waals surface area contributed by atoms with Crippen molar-refractivity contribution in [2.24, 2.45) is 0 Å². The number of nitrogens with zero attached hydrogens (tertiary/aromatic N) is 5. The number of carbonyl (C=O) groups excluding carboxylic acids is 1. The van der Waals surface area contributed by atoms with Gasteiger partial charge in [0.15, 0.2) is 0 Å². The highest BCUT2D eigenvalue weighted by atomic mass is 16.5. The molecule has 0 atom stereocenters. The molecule has 0 spiro atoms. The molecule has 0 bridgehead atoms. The lowest BCUT2D eigenvalue weighted by Gasteiger charge is -2.15. The van der Waals surface area contributed by atoms with Crippen molar-refractivity contribution in [1.82, 2.24) is 25.1 Å². The number of hydrogen-bond donors (Lipinski definition) is 0. The van der Waals surface area contributed by atoms with Gasteiger partial charge in [0.25, 0.3) is 0 Å². The van der Waals surface area contributed by atoms with Crippen LogP contribution < -0.4 is 0 Å². The van der Waals surface area contributed by atoms with E-state index in [0.717, 1.165) is 0 Å². The molecule has 0 radical (unpaired) electrons. The van der Waals surface area contributed by atoms with Gasteiger partial charge in [-0.3, -0.25) is 0 Å². The van der Waals surface area contributed by atoms with Gasteiger partial charge in [-0.1, -0.05) is 0 Å². The van der Waals surface area contributed by atoms with E-state index in [9.17, 15) is 4.79 Å². The van der Waals surface area contributed by atoms with Gasteiger partial charge in [-0.25, -0.2) is 4.79 Å². The largest absolute Gasteiger partial charge is 0.462 e. The van der Waals surface area contributed by atoms with Gasteiger partial charge in [0.1, 0.15) is 5.57 Å². The minimum atomic E-state index is -0.454. The Morgan fingerprint density at radius 1 is 1.42 bits per heavy atom. The minimum absolute atomic E-state index is 0.266. The predicted octanol–water partition coefficient (Wildman–Crippen LogP) is 0.894. The third-order valence-corrected chi connectivity index (χ3v) is 2.14. The van der Waals surface area contributed by atoms with Crippen LogP contribution in [0.3, 0.4) is 0 Å². The smallest absolute Gasteiger partial charge is 0.343 e. The third-order valence-electron chi connectivity index (χ3n) is 2.14. The van der Waals surface area contributed by atoms with E-state index in [1.165, 1.54) is 4.80 Å². The molecule has 0 unspecified atom stereocenters. The summed E-state index contributed by atoms with van der Waals surface area (Å²) in [6.07, 6.45) is 1.63. The van der Waals surface area contributed by atoms with Crippen LogP contribution in [0.15, 0.2) is 6.20 Å². The van der Waals surface area contributed by atoms with E-state index < -0.39 is 5.97 Å². The lowest BCUT2D eigenvalue weighted by Crippen LogP contribution is -2.25. The Balaban J connectivity index is 3.12. The first-order chi connectivity index (χ1) is 8.75. The lowest BCUT2D eigenvalue weighted by molar-refractivity contribution is -0.136. The number of rotatable bonds is 4. The number of ether oxygens (including phenoxy) is 1. The van der Waals surface area contributed by atoms with Gasteiger partial charge in [-0.05, 0) is 32.9 Å². The topological polar surface area (TPSA) is 73.1 Å². The van der Waals surface area contributed by atoms with Crippen molar-refractivity contribution in [2.45, 2.75) is 33.2 Å². The fourth-order valence-corrected chi connectivity index (χ4v) is 1.28. The molecule has 0 aromatic carbocycles. The quantitative estimate of drug-likeness (QED) is 0.596. The van der Waals surface area contributed by atoms with E-state index in [4.69, 9.17) is 4.74 Å². The molecule has 106 valence electrons. The Bertz CT molecular complexity index is 471. The van der Waals surface area contributed by atoms with E-state index in [-0.39, 0.29) is 11.4 Å². The van der Waals surface area contributed by atoms with Crippen LogP contribution in [0.5, 0.6) is 0 Å². The van der Waals surface area contributed by atoms with E-state index in [1.54, 1.807) is 18.0 Å². The SMILES string of the molecule is CCOC(=O)/C(=C/N(C)C)c1nnn(C(C)(C)C)n1. The second-order valence-corrected chi connectivity index (χ2v) is 5.30. The van der Waals surface area contributed by atoms with Gasteiger partial charge in [-0.15, -0.1) is 10.2 Å². The minimum Gasteiger partial charge on any atom is -0.462 e. The summed E-state index contributed by atoms with van der Waals surface area (Å²) < 4.78 is 5.00. The molecule has 0 fully saturated rings. The number of tetrazole rings is 1. The monoisotopic (exact) mass is 267 g/mol. The summed E-state index contributed by atoms with van der Waals surface area (Å²) in [6.45, 7) is 7.93. The van der Waals surface area contributed by atoms with Crippen LogP contribution in [0.1, 0.15) is 33.5 Å². The molecule has 7 heteroatoms. The summed E-state index contributed by atoms with van der Waals surface area (Å²) in [5.74, 6) is -0.188. The molecular weight excluding hydrogens is 246 g/mol. The highest BCUT2D eigenvalue weighted by molar-refractivity contribution is 6.15. The average Bonchev–Trinajstić information content (AvgIpc) is 2.74. The zero-order chi connectivity index (χ0) is 14.6. The van der Waals surface area contributed by atoms with Gasteiger partial charge < -0.3 is 9.64 Å². The molecule has 0 N–H and O–H groups in total. The van der Waals surface area contributed by atoms with Crippen molar-refractivity contribution in [3.05, 3.63) is 12.0 Å². The lowest BCUT2D eigenvalue weighted by atomic mass is 10.1. The zero-order valence-corrected chi connectivity index (χ0v) is 12.3. The summed E-state index contributed by atoms with van der Waals surface area (Å²) in [4.78, 5) is 15.1. The Morgan fingerprint density at radius 3 is 2.47 bits per heavy atom. The fourth-order valence-electron chi connectivity index (χ4n) is 1.28. The number of aromatic nitrogens is 4. The number of hydrogen-bond acceptors (Lipinski definition) is 6. The van der Waals surface area contributed by atoms with Gasteiger partial charge in [0, 0.05) is 20.3 Å². The molecular formula is C12H21N5O2. The molecule has 1 aromatic rings. The highest BCUT2D eigenvalue weighted by Gasteiger charge is 2.22. The van der Waals surface area contributed by atoms with Gasteiger partial charge in [0.2, 0.25) is 5.82 Å². The van der Waals surface area contributed by atoms with Crippen LogP contribution in [0.25, 0.3) is 5.57 Å². The van der Waals surface area contributed by atoms with Crippen molar-refractivity contribution in [3.8, 4) is 0 Å². The first kappa shape index (κ1) is 15.1. The standard InChI is InChI=1S/C12H21N5O2/c1-7-19-11(18)9(8-16(5)6)10-13-15-17(14-10)12(2,3)4/h8H,7H2,1-6H3/b9-8+. The van der Waals surface area contributed by atoms with Crippen molar-refractivity contribution in [3.63, 3.8) is 0 Å². The van der Waals surface area contributed by atoms with Crippen LogP contribution in [0, 0.1) is 0 Å². The summed E-state index contributed by atoms with van der Waals surface area (Å²) in [6, 6.07) is 0. The van der Waals surface area contributed by atoms with Crippen LogP contribution in [0.2, 0.25) is 0 Å². The van der Waals surface area contributed by atoms with Crippen LogP contribution in [0.4, 0.5) is 0 Å². The van der Waals surface area contributed by atoms with Gasteiger partial charge in [-0.2, -0.15) is 4.80 Å². The first-order valence-corrected chi connectivity index (χ1v) is 6.12. The maximum absolute atomic E-state index is 11.9. The van der Waals surface area contributed by atoms with Crippen LogP contribution in [-0.4, -0.2) is 51.8 Å². The van der Waals surface area contributed by atoms with Crippen molar-refractivity contribution in [1.29, 1.82) is 0 Å². The summed E-state index contributed by atoms with van der Waals surface area (Å²) in [7, 11) is 3.63. The summed E-state index contributed by atoms with van der Waals surface area (Å²) in [5, 5.41) is 12.1. The fraction of sp³-hybridized carbons (Fsp3) is 0.667. The van der Waals surface area contributed by atoms with Crippen LogP contribution >= 0.6 is 0 Å². The molecule has 0 saturated carbocycles. The van der Waals surface area contributed by atoms with E-state index in [2.05, 4.69) is 15.4 Å². The van der Waals surface area contributed by atoms with Crippen molar-refractivity contribution in [2.75, 3.05) is 20.7 Å². The molecule has 0 saturated heterocycles. The normalized spacial score (nSPS) is 12.4. The van der Waals surface area contributed by atoms with E-state index in [1.807, 2.05) is 34.9 Å². The molecule has 1 aromatic heterocycles. The average molecular weight is 267 g/mol. The Hall–Kier alpha value is -1.92. The van der Waals surface area contributed by atoms with Crippen LogP contribution in [-0.2, 0) is 15.1 Å². The van der Waals surface area contributed by atoms with Gasteiger partial charge >= 0.3 is 5.97 Å². The Morgan fingerprint density at radius 2 is 2.05 bits per heavy atom. The molecule has 0 aliphatic rings. The van der Waals surface area contributed by atoms with E-state index >= 15 is 0 Å². The highest BCUT2D eigenvalue weighted by Crippen LogP contribution is 2.15. The molecule has 0 amide bonds. The molecule has 1 rings (SSSR count). The summed E-state index contributed by atoms with van der Waals surface area (Å²) >= 11 is 0. The Labute approximate surface area is 113 Å². The molecule has 19 heavy (non-hydrogen) atoms. The summed E-state index contributed by atoms with van der Waals surface area (Å²) in [5.41, 5.74) is 0.00529. The second kappa shape index (κ2) is 5.81. The van der Waals surface area contributed by atoms with E-state index in [0.29, 0.717) is 12.2 Å². The molecule has 1 heterocycles. The second-order valence-electron chi connectivity index (χ2n) is 5.30.